The highest BCUT2D eigenvalue weighted by molar-refractivity contribution is 6.09. The molecule has 0 aromatic heterocycles. The van der Waals surface area contributed by atoms with Gasteiger partial charge in [0.2, 0.25) is 0 Å². The molecule has 1 heterocycles. The highest BCUT2D eigenvalue weighted by atomic mass is 16.5. The topological polar surface area (TPSA) is 66.9 Å². The first kappa shape index (κ1) is 19.9. The van der Waals surface area contributed by atoms with Gasteiger partial charge in [-0.2, -0.15) is 0 Å². The number of imide groups is 1. The third-order valence-corrected chi connectivity index (χ3v) is 5.65. The lowest BCUT2D eigenvalue weighted by Crippen LogP contribution is -2.47. The van der Waals surface area contributed by atoms with Gasteiger partial charge in [-0.3, -0.25) is 14.5 Å². The van der Waals surface area contributed by atoms with Crippen LogP contribution in [0.5, 0.6) is 0 Å². The van der Waals surface area contributed by atoms with E-state index in [0.717, 1.165) is 11.1 Å². The van der Waals surface area contributed by atoms with Crippen LogP contribution in [0.3, 0.4) is 0 Å². The third kappa shape index (κ3) is 3.49. The summed E-state index contributed by atoms with van der Waals surface area (Å²) >= 11 is 0. The number of amides is 3. The highest BCUT2D eigenvalue weighted by Crippen LogP contribution is 2.41. The Morgan fingerprint density at radius 1 is 1.00 bits per heavy atom. The van der Waals surface area contributed by atoms with E-state index < -0.39 is 11.5 Å². The Morgan fingerprint density at radius 2 is 1.60 bits per heavy atom. The molecule has 3 amide bonds. The van der Waals surface area contributed by atoms with Crippen molar-refractivity contribution in [2.24, 2.45) is 5.92 Å². The Labute approximate surface area is 175 Å². The van der Waals surface area contributed by atoms with Crippen molar-refractivity contribution in [1.82, 2.24) is 9.80 Å². The van der Waals surface area contributed by atoms with Gasteiger partial charge in [0.1, 0.15) is 5.54 Å². The van der Waals surface area contributed by atoms with Crippen molar-refractivity contribution in [3.63, 3.8) is 0 Å². The average Bonchev–Trinajstić information content (AvgIpc) is 3.29. The van der Waals surface area contributed by atoms with E-state index in [4.69, 9.17) is 4.74 Å². The number of benzene rings is 2. The number of hydrogen-bond donors (Lipinski definition) is 0. The van der Waals surface area contributed by atoms with E-state index in [1.807, 2.05) is 60.7 Å². The summed E-state index contributed by atoms with van der Waals surface area (Å²) in [6.45, 7) is 2.51. The van der Waals surface area contributed by atoms with Crippen LogP contribution in [0.2, 0.25) is 0 Å². The van der Waals surface area contributed by atoms with E-state index >= 15 is 0 Å². The SMILES string of the molecule is CCOC(=O)[C@H]1C=C[C@]2(C1)C(=O)N(Cc1ccccc1)C(=O)N2Cc1ccccc1. The summed E-state index contributed by atoms with van der Waals surface area (Å²) in [7, 11) is 0. The fourth-order valence-electron chi connectivity index (χ4n) is 4.15. The van der Waals surface area contributed by atoms with Crippen LogP contribution >= 0.6 is 0 Å². The predicted octanol–water partition coefficient (Wildman–Crippen LogP) is 3.53. The number of carbonyl (C=O) groups excluding carboxylic acids is 3. The Morgan fingerprint density at radius 3 is 2.20 bits per heavy atom. The van der Waals surface area contributed by atoms with E-state index in [1.165, 1.54) is 4.90 Å². The maximum absolute atomic E-state index is 13.5. The lowest BCUT2D eigenvalue weighted by atomic mass is 9.92. The molecule has 1 spiro atoms. The molecule has 0 unspecified atom stereocenters. The zero-order valence-electron chi connectivity index (χ0n) is 16.9. The summed E-state index contributed by atoms with van der Waals surface area (Å²) in [4.78, 5) is 42.1. The van der Waals surface area contributed by atoms with E-state index in [9.17, 15) is 14.4 Å². The van der Waals surface area contributed by atoms with Crippen LogP contribution in [-0.4, -0.2) is 39.9 Å². The van der Waals surface area contributed by atoms with Crippen molar-refractivity contribution in [1.29, 1.82) is 0 Å². The minimum Gasteiger partial charge on any atom is -0.466 e. The molecule has 1 saturated heterocycles. The smallest absolute Gasteiger partial charge is 0.328 e. The zero-order valence-corrected chi connectivity index (χ0v) is 16.9. The van der Waals surface area contributed by atoms with Crippen molar-refractivity contribution < 1.29 is 19.1 Å². The highest BCUT2D eigenvalue weighted by Gasteiger charge is 2.58. The predicted molar refractivity (Wildman–Crippen MR) is 111 cm³/mol. The molecule has 2 atom stereocenters. The van der Waals surface area contributed by atoms with Gasteiger partial charge in [-0.1, -0.05) is 72.8 Å². The summed E-state index contributed by atoms with van der Waals surface area (Å²) in [6, 6.07) is 18.6. The molecule has 0 N–H and O–H groups in total. The minimum atomic E-state index is -1.17. The molecule has 2 aromatic carbocycles. The van der Waals surface area contributed by atoms with Gasteiger partial charge in [0.25, 0.3) is 5.91 Å². The van der Waals surface area contributed by atoms with Gasteiger partial charge in [-0.05, 0) is 18.1 Å². The van der Waals surface area contributed by atoms with Crippen LogP contribution in [0.15, 0.2) is 72.8 Å². The number of carbonyl (C=O) groups is 3. The molecular weight excluding hydrogens is 380 g/mol. The van der Waals surface area contributed by atoms with Crippen LogP contribution in [0.25, 0.3) is 0 Å². The molecule has 6 nitrogen and oxygen atoms in total. The van der Waals surface area contributed by atoms with Crippen LogP contribution in [0.1, 0.15) is 24.5 Å². The number of ether oxygens (including phenoxy) is 1. The van der Waals surface area contributed by atoms with Gasteiger partial charge in [-0.25, -0.2) is 4.79 Å². The Balaban J connectivity index is 1.66. The van der Waals surface area contributed by atoms with Crippen molar-refractivity contribution in [3.05, 3.63) is 83.9 Å². The number of esters is 1. The third-order valence-electron chi connectivity index (χ3n) is 5.65. The summed E-state index contributed by atoms with van der Waals surface area (Å²) in [5.74, 6) is -1.21. The molecule has 30 heavy (non-hydrogen) atoms. The summed E-state index contributed by atoms with van der Waals surface area (Å²) in [6.07, 6.45) is 3.62. The van der Waals surface area contributed by atoms with Crippen molar-refractivity contribution in [2.75, 3.05) is 6.61 Å². The second kappa shape index (κ2) is 8.14. The van der Waals surface area contributed by atoms with Crippen LogP contribution in [0, 0.1) is 5.92 Å². The molecule has 0 saturated carbocycles. The first-order valence-corrected chi connectivity index (χ1v) is 10.1. The molecule has 154 valence electrons. The molecule has 4 rings (SSSR count). The zero-order chi connectivity index (χ0) is 21.1. The van der Waals surface area contributed by atoms with E-state index in [1.54, 1.807) is 24.0 Å². The van der Waals surface area contributed by atoms with Crippen molar-refractivity contribution in [2.45, 2.75) is 32.0 Å². The second-order valence-electron chi connectivity index (χ2n) is 7.58. The summed E-state index contributed by atoms with van der Waals surface area (Å²) in [5, 5.41) is 0. The molecule has 2 aliphatic rings. The van der Waals surface area contributed by atoms with E-state index in [0.29, 0.717) is 0 Å². The molecule has 2 aromatic rings. The Bertz CT molecular complexity index is 973. The largest absolute Gasteiger partial charge is 0.466 e. The molecule has 0 bridgehead atoms. The standard InChI is InChI=1S/C24H24N2O4/c1-2-30-21(27)20-13-14-24(15-20)22(28)25(16-18-9-5-3-6-10-18)23(29)26(24)17-19-11-7-4-8-12-19/h3-14,20H,2,15-17H2,1H3/t20-,24-/m0/s1. The van der Waals surface area contributed by atoms with E-state index in [-0.39, 0.29) is 44.0 Å². The monoisotopic (exact) mass is 404 g/mol. The lowest BCUT2D eigenvalue weighted by Gasteiger charge is -2.30. The summed E-state index contributed by atoms with van der Waals surface area (Å²) < 4.78 is 5.15. The number of rotatable bonds is 6. The summed E-state index contributed by atoms with van der Waals surface area (Å²) in [5.41, 5.74) is 0.631. The molecule has 1 fully saturated rings. The van der Waals surface area contributed by atoms with Crippen LogP contribution in [0.4, 0.5) is 4.79 Å². The van der Waals surface area contributed by atoms with Crippen molar-refractivity contribution in [3.8, 4) is 0 Å². The molecule has 1 aliphatic heterocycles. The fraction of sp³-hybridized carbons (Fsp3) is 0.292. The van der Waals surface area contributed by atoms with Gasteiger partial charge in [-0.15, -0.1) is 0 Å². The van der Waals surface area contributed by atoms with Crippen LogP contribution in [-0.2, 0) is 27.4 Å². The molecule has 1 aliphatic carbocycles. The minimum absolute atomic E-state index is 0.198. The Hall–Kier alpha value is -3.41. The van der Waals surface area contributed by atoms with Gasteiger partial charge >= 0.3 is 12.0 Å². The van der Waals surface area contributed by atoms with Gasteiger partial charge < -0.3 is 9.64 Å². The molecule has 6 heteroatoms. The quantitative estimate of drug-likeness (QED) is 0.420. The van der Waals surface area contributed by atoms with Crippen molar-refractivity contribution >= 4 is 17.9 Å². The maximum atomic E-state index is 13.5. The fourth-order valence-corrected chi connectivity index (χ4v) is 4.15. The second-order valence-corrected chi connectivity index (χ2v) is 7.58. The average molecular weight is 404 g/mol. The molecule has 0 radical (unpaired) electrons. The van der Waals surface area contributed by atoms with Crippen LogP contribution < -0.4 is 0 Å². The number of hydrogen-bond acceptors (Lipinski definition) is 4. The van der Waals surface area contributed by atoms with E-state index in [2.05, 4.69) is 0 Å². The number of nitrogens with zero attached hydrogens (tertiary/aromatic N) is 2. The number of urea groups is 1. The lowest BCUT2D eigenvalue weighted by molar-refractivity contribution is -0.147. The van der Waals surface area contributed by atoms with Gasteiger partial charge in [0, 0.05) is 13.0 Å². The Kier molecular flexibility index (Phi) is 5.40. The first-order chi connectivity index (χ1) is 14.5. The first-order valence-electron chi connectivity index (χ1n) is 10.1. The normalized spacial score (nSPS) is 22.9. The maximum Gasteiger partial charge on any atom is 0.328 e. The van der Waals surface area contributed by atoms with Gasteiger partial charge in [0.15, 0.2) is 0 Å². The molecular formula is C24H24N2O4. The van der Waals surface area contributed by atoms with Gasteiger partial charge in [0.05, 0.1) is 19.1 Å².